The van der Waals surface area contributed by atoms with E-state index in [1.807, 2.05) is 24.3 Å². The van der Waals surface area contributed by atoms with Crippen LogP contribution in [-0.4, -0.2) is 7.11 Å². The van der Waals surface area contributed by atoms with Crippen molar-refractivity contribution in [3.63, 3.8) is 0 Å². The quantitative estimate of drug-likeness (QED) is 0.591. The van der Waals surface area contributed by atoms with Crippen LogP contribution in [0.5, 0.6) is 0 Å². The van der Waals surface area contributed by atoms with E-state index < -0.39 is 0 Å². The highest BCUT2D eigenvalue weighted by Crippen LogP contribution is 2.44. The van der Waals surface area contributed by atoms with Gasteiger partial charge in [0.2, 0.25) is 0 Å². The van der Waals surface area contributed by atoms with Gasteiger partial charge in [0, 0.05) is 29.4 Å². The molecule has 0 amide bonds. The van der Waals surface area contributed by atoms with E-state index in [1.54, 1.807) is 7.11 Å². The zero-order chi connectivity index (χ0) is 18.0. The minimum atomic E-state index is 0.258. The van der Waals surface area contributed by atoms with Crippen LogP contribution in [0.25, 0.3) is 16.7 Å². The minimum Gasteiger partial charge on any atom is -0.500 e. The first-order valence-electron chi connectivity index (χ1n) is 8.32. The van der Waals surface area contributed by atoms with Crippen LogP contribution in [0.15, 0.2) is 60.4 Å². The average molecular weight is 349 g/mol. The molecule has 2 heteroatoms. The van der Waals surface area contributed by atoms with Crippen molar-refractivity contribution in [3.05, 3.63) is 76.5 Å². The average Bonchev–Trinajstić information content (AvgIpc) is 2.92. The smallest absolute Gasteiger partial charge is 0.104 e. The van der Waals surface area contributed by atoms with Crippen LogP contribution in [0.4, 0.5) is 0 Å². The molecule has 2 aromatic rings. The fourth-order valence-corrected chi connectivity index (χ4v) is 3.52. The third-order valence-corrected chi connectivity index (χ3v) is 5.07. The third-order valence-electron chi connectivity index (χ3n) is 4.82. The molecule has 1 nitrogen and oxygen atoms in total. The molecule has 126 valence electrons. The molecule has 25 heavy (non-hydrogen) atoms. The molecule has 2 aromatic carbocycles. The van der Waals surface area contributed by atoms with Gasteiger partial charge >= 0.3 is 0 Å². The Labute approximate surface area is 155 Å². The molecule has 1 atom stereocenters. The number of ether oxygens (including phenoxy) is 1. The van der Waals surface area contributed by atoms with E-state index in [4.69, 9.17) is 22.8 Å². The monoisotopic (exact) mass is 348 g/mol. The van der Waals surface area contributed by atoms with Crippen LogP contribution in [0.2, 0.25) is 5.02 Å². The van der Waals surface area contributed by atoms with Gasteiger partial charge in [0.25, 0.3) is 0 Å². The SMILES string of the molecule is C#CCC1CC(OC)=C(c2cc(-c3ccc(Cl)cc3)ccc2C)C1=C. The van der Waals surface area contributed by atoms with Gasteiger partial charge in [-0.25, -0.2) is 0 Å². The van der Waals surface area contributed by atoms with Crippen molar-refractivity contribution in [3.8, 4) is 23.5 Å². The van der Waals surface area contributed by atoms with Crippen molar-refractivity contribution in [2.24, 2.45) is 5.92 Å². The van der Waals surface area contributed by atoms with Crippen LogP contribution in [0, 0.1) is 25.2 Å². The molecule has 0 bridgehead atoms. The maximum atomic E-state index is 6.01. The standard InChI is InChI=1S/C23H21ClO/c1-5-6-18-14-22(25-4)23(16(18)3)21-13-19(8-7-15(21)2)17-9-11-20(24)12-10-17/h1,7-13,18H,3,6,14H2,2,4H3. The summed E-state index contributed by atoms with van der Waals surface area (Å²) < 4.78 is 5.67. The number of benzene rings is 2. The molecule has 1 aliphatic rings. The van der Waals surface area contributed by atoms with E-state index in [-0.39, 0.29) is 5.92 Å². The van der Waals surface area contributed by atoms with Crippen LogP contribution >= 0.6 is 11.6 Å². The number of terminal acetylenes is 1. The zero-order valence-corrected chi connectivity index (χ0v) is 15.4. The van der Waals surface area contributed by atoms with Crippen molar-refractivity contribution in [2.45, 2.75) is 19.8 Å². The van der Waals surface area contributed by atoms with Crippen LogP contribution in [0.1, 0.15) is 24.0 Å². The Morgan fingerprint density at radius 2 is 1.88 bits per heavy atom. The van der Waals surface area contributed by atoms with Gasteiger partial charge in [-0.1, -0.05) is 42.4 Å². The zero-order valence-electron chi connectivity index (χ0n) is 14.6. The van der Waals surface area contributed by atoms with Crippen molar-refractivity contribution in [2.75, 3.05) is 7.11 Å². The number of hydrogen-bond acceptors (Lipinski definition) is 1. The molecule has 0 saturated carbocycles. The maximum Gasteiger partial charge on any atom is 0.104 e. The summed E-state index contributed by atoms with van der Waals surface area (Å²) in [5.74, 6) is 3.99. The molecule has 0 aliphatic heterocycles. The third kappa shape index (κ3) is 3.36. The molecule has 0 N–H and O–H groups in total. The van der Waals surface area contributed by atoms with Gasteiger partial charge in [-0.2, -0.15) is 0 Å². The normalized spacial score (nSPS) is 16.9. The Bertz CT molecular complexity index is 881. The first kappa shape index (κ1) is 17.4. The van der Waals surface area contributed by atoms with Crippen LogP contribution in [0.3, 0.4) is 0 Å². The summed E-state index contributed by atoms with van der Waals surface area (Å²) >= 11 is 6.01. The predicted molar refractivity (Wildman–Crippen MR) is 106 cm³/mol. The Morgan fingerprint density at radius 1 is 1.20 bits per heavy atom. The molecule has 0 heterocycles. The van der Waals surface area contributed by atoms with E-state index in [9.17, 15) is 0 Å². The first-order valence-corrected chi connectivity index (χ1v) is 8.69. The van der Waals surface area contributed by atoms with E-state index in [1.165, 1.54) is 5.56 Å². The first-order chi connectivity index (χ1) is 12.0. The second kappa shape index (κ2) is 7.21. The van der Waals surface area contributed by atoms with E-state index in [2.05, 4.69) is 37.6 Å². The van der Waals surface area contributed by atoms with Crippen molar-refractivity contribution in [1.29, 1.82) is 0 Å². The molecule has 0 saturated heterocycles. The van der Waals surface area contributed by atoms with Gasteiger partial charge < -0.3 is 4.74 Å². The van der Waals surface area contributed by atoms with Gasteiger partial charge in [-0.15, -0.1) is 12.3 Å². The summed E-state index contributed by atoms with van der Waals surface area (Å²) in [6.07, 6.45) is 7.03. The molecular formula is C23H21ClO. The maximum absolute atomic E-state index is 6.01. The summed E-state index contributed by atoms with van der Waals surface area (Å²) in [4.78, 5) is 0. The lowest BCUT2D eigenvalue weighted by Crippen LogP contribution is -1.98. The fourth-order valence-electron chi connectivity index (χ4n) is 3.39. The highest BCUT2D eigenvalue weighted by Gasteiger charge is 2.30. The summed E-state index contributed by atoms with van der Waals surface area (Å²) in [5.41, 5.74) is 6.82. The van der Waals surface area contributed by atoms with E-state index >= 15 is 0 Å². The van der Waals surface area contributed by atoms with Gasteiger partial charge in [-0.05, 0) is 52.9 Å². The lowest BCUT2D eigenvalue weighted by molar-refractivity contribution is 0.276. The fraction of sp³-hybridized carbons (Fsp3) is 0.217. The van der Waals surface area contributed by atoms with Gasteiger partial charge in [0.1, 0.15) is 5.76 Å². The summed E-state index contributed by atoms with van der Waals surface area (Å²) in [6, 6.07) is 14.4. The van der Waals surface area contributed by atoms with Gasteiger partial charge in [0.05, 0.1) is 7.11 Å². The predicted octanol–water partition coefficient (Wildman–Crippen LogP) is 6.27. The number of rotatable bonds is 4. The van der Waals surface area contributed by atoms with Crippen molar-refractivity contribution in [1.82, 2.24) is 0 Å². The summed E-state index contributed by atoms with van der Waals surface area (Å²) in [7, 11) is 1.72. The Balaban J connectivity index is 2.07. The topological polar surface area (TPSA) is 9.23 Å². The molecule has 0 aromatic heterocycles. The molecule has 1 aliphatic carbocycles. The second-order valence-corrected chi connectivity index (χ2v) is 6.81. The number of allylic oxidation sites excluding steroid dienone is 3. The molecular weight excluding hydrogens is 328 g/mol. The molecule has 0 fully saturated rings. The Kier molecular flexibility index (Phi) is 5.02. The van der Waals surface area contributed by atoms with Crippen LogP contribution in [-0.2, 0) is 4.74 Å². The van der Waals surface area contributed by atoms with E-state index in [0.717, 1.165) is 45.0 Å². The Hall–Kier alpha value is -2.43. The minimum absolute atomic E-state index is 0.258. The number of hydrogen-bond donors (Lipinski definition) is 0. The second-order valence-electron chi connectivity index (χ2n) is 6.37. The lowest BCUT2D eigenvalue weighted by Gasteiger charge is -2.14. The van der Waals surface area contributed by atoms with E-state index in [0.29, 0.717) is 6.42 Å². The number of halogens is 1. The summed E-state index contributed by atoms with van der Waals surface area (Å²) in [5, 5.41) is 0.738. The highest BCUT2D eigenvalue weighted by molar-refractivity contribution is 6.30. The molecule has 0 radical (unpaired) electrons. The number of methoxy groups -OCH3 is 1. The molecule has 0 spiro atoms. The van der Waals surface area contributed by atoms with Crippen molar-refractivity contribution < 1.29 is 4.74 Å². The van der Waals surface area contributed by atoms with Crippen molar-refractivity contribution >= 4 is 17.2 Å². The van der Waals surface area contributed by atoms with Crippen LogP contribution < -0.4 is 0 Å². The largest absolute Gasteiger partial charge is 0.500 e. The lowest BCUT2D eigenvalue weighted by atomic mass is 9.90. The molecule has 3 rings (SSSR count). The molecule has 1 unspecified atom stereocenters. The van der Waals surface area contributed by atoms with Gasteiger partial charge in [-0.3, -0.25) is 0 Å². The van der Waals surface area contributed by atoms with Gasteiger partial charge in [0.15, 0.2) is 0 Å². The summed E-state index contributed by atoms with van der Waals surface area (Å²) in [6.45, 7) is 6.43. The number of aryl methyl sites for hydroxylation is 1. The highest BCUT2D eigenvalue weighted by atomic mass is 35.5. The Morgan fingerprint density at radius 3 is 2.52 bits per heavy atom.